The molecule has 2 N–H and O–H groups in total. The van der Waals surface area contributed by atoms with Crippen LogP contribution in [-0.2, 0) is 9.53 Å². The summed E-state index contributed by atoms with van der Waals surface area (Å²) in [4.78, 5) is 12.3. The van der Waals surface area contributed by atoms with Gasteiger partial charge in [-0.1, -0.05) is 46.3 Å². The first kappa shape index (κ1) is 19.3. The Morgan fingerprint density at radius 1 is 1.42 bits per heavy atom. The molecule has 2 rings (SSSR count). The van der Waals surface area contributed by atoms with Crippen molar-refractivity contribution < 1.29 is 9.53 Å². The monoisotopic (exact) mass is 406 g/mol. The largest absolute Gasteiger partial charge is 0.383 e. The molecule has 0 spiro atoms. The highest BCUT2D eigenvalue weighted by Crippen LogP contribution is 2.30. The zero-order valence-corrected chi connectivity index (χ0v) is 16.2. The number of hydrogen-bond donors (Lipinski definition) is 2. The number of hydrogen-bond acceptors (Lipinski definition) is 7. The quantitative estimate of drug-likeness (QED) is 0.509. The second-order valence-electron chi connectivity index (χ2n) is 4.67. The molecule has 1 unspecified atom stereocenters. The number of thioether (sulfide) groups is 1. The van der Waals surface area contributed by atoms with Gasteiger partial charge in [-0.25, -0.2) is 0 Å². The Bertz CT molecular complexity index is 699. The molecule has 1 aromatic carbocycles. The molecule has 0 saturated heterocycles. The van der Waals surface area contributed by atoms with Crippen molar-refractivity contribution in [3.05, 3.63) is 28.2 Å². The number of anilines is 2. The summed E-state index contributed by atoms with van der Waals surface area (Å²) in [5.41, 5.74) is 0.526. The van der Waals surface area contributed by atoms with E-state index in [1.165, 1.54) is 23.1 Å². The zero-order valence-electron chi connectivity index (χ0n) is 13.0. The number of nitrogens with zero attached hydrogens (tertiary/aromatic N) is 2. The van der Waals surface area contributed by atoms with Crippen molar-refractivity contribution in [1.29, 1.82) is 0 Å². The second-order valence-corrected chi connectivity index (χ2v) is 8.08. The van der Waals surface area contributed by atoms with E-state index < -0.39 is 0 Å². The summed E-state index contributed by atoms with van der Waals surface area (Å²) in [6.07, 6.45) is 0. The van der Waals surface area contributed by atoms with Gasteiger partial charge >= 0.3 is 0 Å². The minimum Gasteiger partial charge on any atom is -0.383 e. The number of methoxy groups -OCH3 is 1. The minimum atomic E-state index is -0.350. The van der Waals surface area contributed by atoms with Crippen LogP contribution < -0.4 is 10.6 Å². The Kier molecular flexibility index (Phi) is 7.57. The number of rotatable bonds is 8. The molecular formula is C14H16Cl2N4O2S2. The van der Waals surface area contributed by atoms with Crippen molar-refractivity contribution in [2.75, 3.05) is 30.9 Å². The molecule has 0 radical (unpaired) electrons. The van der Waals surface area contributed by atoms with E-state index >= 15 is 0 Å². The molecule has 0 fully saturated rings. The first-order valence-electron chi connectivity index (χ1n) is 6.98. The third kappa shape index (κ3) is 5.78. The predicted octanol–water partition coefficient (Wildman–Crippen LogP) is 4.02. The summed E-state index contributed by atoms with van der Waals surface area (Å²) in [5.74, 6) is -0.173. The number of halogens is 2. The van der Waals surface area contributed by atoms with E-state index in [-0.39, 0.29) is 11.2 Å². The van der Waals surface area contributed by atoms with Gasteiger partial charge in [0.05, 0.1) is 22.6 Å². The van der Waals surface area contributed by atoms with Crippen molar-refractivity contribution in [1.82, 2.24) is 10.2 Å². The second kappa shape index (κ2) is 9.43. The van der Waals surface area contributed by atoms with Crippen LogP contribution in [0.25, 0.3) is 0 Å². The topological polar surface area (TPSA) is 76.1 Å². The van der Waals surface area contributed by atoms with E-state index in [0.717, 1.165) is 0 Å². The molecule has 1 atom stereocenters. The van der Waals surface area contributed by atoms with Crippen LogP contribution in [0, 0.1) is 0 Å². The maximum absolute atomic E-state index is 12.3. The fourth-order valence-electron chi connectivity index (χ4n) is 1.62. The number of carbonyl (C=O) groups excluding carboxylic acids is 1. The number of carbonyl (C=O) groups is 1. The molecule has 1 amide bonds. The zero-order chi connectivity index (χ0) is 17.5. The van der Waals surface area contributed by atoms with Crippen molar-refractivity contribution >= 4 is 63.0 Å². The maximum atomic E-state index is 12.3. The molecule has 0 aliphatic heterocycles. The van der Waals surface area contributed by atoms with Gasteiger partial charge in [-0.2, -0.15) is 0 Å². The molecule has 0 saturated carbocycles. The first-order valence-corrected chi connectivity index (χ1v) is 9.43. The van der Waals surface area contributed by atoms with Gasteiger partial charge in [0.2, 0.25) is 11.0 Å². The third-order valence-electron chi connectivity index (χ3n) is 2.82. The lowest BCUT2D eigenvalue weighted by molar-refractivity contribution is -0.115. The number of aromatic nitrogens is 2. The smallest absolute Gasteiger partial charge is 0.237 e. The molecule has 6 nitrogen and oxygen atoms in total. The fourth-order valence-corrected chi connectivity index (χ4v) is 4.00. The van der Waals surface area contributed by atoms with Gasteiger partial charge in [0.25, 0.3) is 0 Å². The first-order chi connectivity index (χ1) is 11.5. The average Bonchev–Trinajstić information content (AvgIpc) is 2.97. The van der Waals surface area contributed by atoms with Crippen LogP contribution in [0.5, 0.6) is 0 Å². The molecule has 10 heteroatoms. The normalized spacial score (nSPS) is 12.0. The summed E-state index contributed by atoms with van der Waals surface area (Å²) < 4.78 is 5.66. The van der Waals surface area contributed by atoms with E-state index in [1.54, 1.807) is 32.2 Å². The molecular weight excluding hydrogens is 391 g/mol. The highest BCUT2D eigenvalue weighted by atomic mass is 35.5. The molecule has 24 heavy (non-hydrogen) atoms. The van der Waals surface area contributed by atoms with Gasteiger partial charge in [-0.3, -0.25) is 4.79 Å². The molecule has 1 heterocycles. The third-order valence-corrected chi connectivity index (χ3v) is 5.44. The van der Waals surface area contributed by atoms with Crippen LogP contribution in [0.15, 0.2) is 22.5 Å². The number of benzene rings is 1. The number of amides is 1. The van der Waals surface area contributed by atoms with Gasteiger partial charge in [-0.05, 0) is 25.1 Å². The Morgan fingerprint density at radius 3 is 2.92 bits per heavy atom. The van der Waals surface area contributed by atoms with Gasteiger partial charge in [-0.15, -0.1) is 10.2 Å². The Balaban J connectivity index is 1.89. The minimum absolute atomic E-state index is 0.173. The summed E-state index contributed by atoms with van der Waals surface area (Å²) in [6.45, 7) is 3.03. The SMILES string of the molecule is COCCNc1nnc(SC(C)C(=O)Nc2ccc(Cl)cc2Cl)s1. The number of ether oxygens (including phenoxy) is 1. The van der Waals surface area contributed by atoms with Crippen molar-refractivity contribution in [3.8, 4) is 0 Å². The van der Waals surface area contributed by atoms with Crippen LogP contribution in [-0.4, -0.2) is 41.6 Å². The summed E-state index contributed by atoms with van der Waals surface area (Å²) in [5, 5.41) is 15.2. The molecule has 0 aliphatic carbocycles. The maximum Gasteiger partial charge on any atom is 0.237 e. The van der Waals surface area contributed by atoms with Gasteiger partial charge in [0, 0.05) is 18.7 Å². The van der Waals surface area contributed by atoms with E-state index in [1.807, 2.05) is 0 Å². The Hall–Kier alpha value is -1.06. The highest BCUT2D eigenvalue weighted by molar-refractivity contribution is 8.02. The van der Waals surface area contributed by atoms with Crippen molar-refractivity contribution in [2.24, 2.45) is 0 Å². The van der Waals surface area contributed by atoms with E-state index in [2.05, 4.69) is 20.8 Å². The Morgan fingerprint density at radius 2 is 2.21 bits per heavy atom. The number of nitrogens with one attached hydrogen (secondary N) is 2. The molecule has 1 aromatic heterocycles. The lowest BCUT2D eigenvalue weighted by Gasteiger charge is -2.11. The van der Waals surface area contributed by atoms with Crippen molar-refractivity contribution in [2.45, 2.75) is 16.5 Å². The lowest BCUT2D eigenvalue weighted by atomic mass is 10.3. The van der Waals surface area contributed by atoms with E-state index in [4.69, 9.17) is 27.9 Å². The Labute approximate surface area is 158 Å². The van der Waals surface area contributed by atoms with Crippen LogP contribution >= 0.6 is 46.3 Å². The van der Waals surface area contributed by atoms with Gasteiger partial charge in [0.15, 0.2) is 4.34 Å². The van der Waals surface area contributed by atoms with Crippen LogP contribution in [0.4, 0.5) is 10.8 Å². The lowest BCUT2D eigenvalue weighted by Crippen LogP contribution is -2.22. The fraction of sp³-hybridized carbons (Fsp3) is 0.357. The predicted molar refractivity (Wildman–Crippen MR) is 101 cm³/mol. The summed E-state index contributed by atoms with van der Waals surface area (Å²) in [6, 6.07) is 4.92. The van der Waals surface area contributed by atoms with E-state index in [9.17, 15) is 4.79 Å². The average molecular weight is 407 g/mol. The van der Waals surface area contributed by atoms with Crippen LogP contribution in [0.3, 0.4) is 0 Å². The molecule has 0 aliphatic rings. The van der Waals surface area contributed by atoms with Crippen molar-refractivity contribution in [3.63, 3.8) is 0 Å². The molecule has 130 valence electrons. The van der Waals surface area contributed by atoms with Gasteiger partial charge < -0.3 is 15.4 Å². The standard InChI is InChI=1S/C14H16Cl2N4O2S2/c1-8(12(21)18-11-4-3-9(15)7-10(11)16)23-14-20-19-13(24-14)17-5-6-22-2/h3-4,7-8H,5-6H2,1-2H3,(H,17,19)(H,18,21). The highest BCUT2D eigenvalue weighted by Gasteiger charge is 2.18. The van der Waals surface area contributed by atoms with E-state index in [0.29, 0.717) is 38.4 Å². The summed E-state index contributed by atoms with van der Waals surface area (Å²) in [7, 11) is 1.64. The summed E-state index contributed by atoms with van der Waals surface area (Å²) >= 11 is 14.6. The van der Waals surface area contributed by atoms with Crippen LogP contribution in [0.2, 0.25) is 10.0 Å². The molecule has 2 aromatic rings. The molecule has 0 bridgehead atoms. The van der Waals surface area contributed by atoms with Gasteiger partial charge in [0.1, 0.15) is 0 Å². The van der Waals surface area contributed by atoms with Crippen LogP contribution in [0.1, 0.15) is 6.92 Å².